The molecule has 1 aromatic carbocycles. The van der Waals surface area contributed by atoms with Gasteiger partial charge in [-0.3, -0.25) is 0 Å². The number of nitrogens with one attached hydrogen (secondary N) is 1. The van der Waals surface area contributed by atoms with Crippen molar-refractivity contribution in [1.29, 1.82) is 0 Å². The number of aromatic nitrogens is 2. The average molecular weight is 266 g/mol. The highest BCUT2D eigenvalue weighted by molar-refractivity contribution is 6.32. The Balaban J connectivity index is 2.02. The van der Waals surface area contributed by atoms with Crippen LogP contribution in [0.5, 0.6) is 5.75 Å². The molecule has 18 heavy (non-hydrogen) atoms. The van der Waals surface area contributed by atoms with E-state index in [1.807, 2.05) is 42.9 Å². The fourth-order valence-corrected chi connectivity index (χ4v) is 1.87. The third-order valence-corrected chi connectivity index (χ3v) is 2.92. The summed E-state index contributed by atoms with van der Waals surface area (Å²) < 4.78 is 7.36. The minimum Gasteiger partial charge on any atom is -0.492 e. The van der Waals surface area contributed by atoms with E-state index in [1.165, 1.54) is 0 Å². The van der Waals surface area contributed by atoms with Crippen LogP contribution in [-0.2, 0) is 13.6 Å². The first-order valence-corrected chi connectivity index (χ1v) is 6.20. The summed E-state index contributed by atoms with van der Waals surface area (Å²) in [5.41, 5.74) is 2.07. The Kier molecular flexibility index (Phi) is 4.10. The summed E-state index contributed by atoms with van der Waals surface area (Å²) >= 11 is 6.12. The number of anilines is 1. The van der Waals surface area contributed by atoms with E-state index in [1.54, 1.807) is 6.33 Å². The van der Waals surface area contributed by atoms with E-state index < -0.39 is 0 Å². The average Bonchev–Trinajstić information content (AvgIpc) is 2.76. The normalized spacial score (nSPS) is 10.4. The van der Waals surface area contributed by atoms with Crippen molar-refractivity contribution in [3.05, 3.63) is 41.4 Å². The molecule has 4 nitrogen and oxygen atoms in total. The highest BCUT2D eigenvalue weighted by Gasteiger charge is 2.03. The van der Waals surface area contributed by atoms with Gasteiger partial charge in [-0.25, -0.2) is 4.98 Å². The van der Waals surface area contributed by atoms with Crippen molar-refractivity contribution in [3.63, 3.8) is 0 Å². The molecule has 0 aliphatic carbocycles. The zero-order chi connectivity index (χ0) is 13.0. The largest absolute Gasteiger partial charge is 0.492 e. The van der Waals surface area contributed by atoms with E-state index in [-0.39, 0.29) is 0 Å². The minimum absolute atomic E-state index is 0.613. The Morgan fingerprint density at radius 1 is 1.44 bits per heavy atom. The smallest absolute Gasteiger partial charge is 0.138 e. The molecule has 0 unspecified atom stereocenters. The zero-order valence-electron chi connectivity index (χ0n) is 10.5. The molecule has 0 atom stereocenters. The van der Waals surface area contributed by atoms with E-state index in [0.717, 1.165) is 11.4 Å². The van der Waals surface area contributed by atoms with Gasteiger partial charge in [-0.05, 0) is 25.1 Å². The molecule has 0 bridgehead atoms. The van der Waals surface area contributed by atoms with Gasteiger partial charge in [-0.15, -0.1) is 0 Å². The molecular weight excluding hydrogens is 250 g/mol. The molecule has 5 heteroatoms. The maximum absolute atomic E-state index is 6.12. The van der Waals surface area contributed by atoms with Crippen molar-refractivity contribution in [3.8, 4) is 5.75 Å². The number of nitrogens with zero attached hydrogens (tertiary/aromatic N) is 2. The van der Waals surface area contributed by atoms with Crippen molar-refractivity contribution >= 4 is 17.3 Å². The summed E-state index contributed by atoms with van der Waals surface area (Å²) in [6.45, 7) is 3.26. The van der Waals surface area contributed by atoms with E-state index in [2.05, 4.69) is 10.3 Å². The first-order chi connectivity index (χ1) is 8.70. The SMILES string of the molecule is CCOc1ccc(NCc2cncn2C)cc1Cl. The number of imidazole rings is 1. The molecule has 0 amide bonds. The Hall–Kier alpha value is -1.68. The van der Waals surface area contributed by atoms with Crippen LogP contribution in [-0.4, -0.2) is 16.2 Å². The number of rotatable bonds is 5. The molecule has 0 spiro atoms. The minimum atomic E-state index is 0.613. The predicted octanol–water partition coefficient (Wildman–Crippen LogP) is 3.08. The highest BCUT2D eigenvalue weighted by atomic mass is 35.5. The summed E-state index contributed by atoms with van der Waals surface area (Å²) in [7, 11) is 1.97. The molecule has 0 saturated carbocycles. The standard InChI is InChI=1S/C13H16ClN3O/c1-3-18-13-5-4-10(6-12(13)14)16-8-11-7-15-9-17(11)2/h4-7,9,16H,3,8H2,1-2H3. The van der Waals surface area contributed by atoms with Crippen LogP contribution in [0.3, 0.4) is 0 Å². The third-order valence-electron chi connectivity index (χ3n) is 2.62. The third kappa shape index (κ3) is 2.96. The lowest BCUT2D eigenvalue weighted by Gasteiger charge is -2.10. The van der Waals surface area contributed by atoms with Crippen molar-refractivity contribution in [2.75, 3.05) is 11.9 Å². The summed E-state index contributed by atoms with van der Waals surface area (Å²) in [5.74, 6) is 0.713. The van der Waals surface area contributed by atoms with Gasteiger partial charge < -0.3 is 14.6 Å². The molecule has 1 aromatic heterocycles. The number of benzene rings is 1. The maximum Gasteiger partial charge on any atom is 0.138 e. The van der Waals surface area contributed by atoms with Gasteiger partial charge in [0.15, 0.2) is 0 Å². The molecule has 0 saturated heterocycles. The van der Waals surface area contributed by atoms with Crippen LogP contribution in [0, 0.1) is 0 Å². The van der Waals surface area contributed by atoms with Gasteiger partial charge in [0.1, 0.15) is 5.75 Å². The van der Waals surface area contributed by atoms with Crippen LogP contribution in [0.1, 0.15) is 12.6 Å². The van der Waals surface area contributed by atoms with Crippen molar-refractivity contribution in [2.24, 2.45) is 7.05 Å². The lowest BCUT2D eigenvalue weighted by molar-refractivity contribution is 0.340. The molecular formula is C13H16ClN3O. The van der Waals surface area contributed by atoms with Crippen LogP contribution in [0.15, 0.2) is 30.7 Å². The fourth-order valence-electron chi connectivity index (χ4n) is 1.63. The molecule has 0 radical (unpaired) electrons. The van der Waals surface area contributed by atoms with Crippen molar-refractivity contribution in [2.45, 2.75) is 13.5 Å². The van der Waals surface area contributed by atoms with Gasteiger partial charge >= 0.3 is 0 Å². The molecule has 2 rings (SSSR count). The summed E-state index contributed by atoms with van der Waals surface area (Å²) in [6, 6.07) is 5.69. The zero-order valence-corrected chi connectivity index (χ0v) is 11.2. The Labute approximate surface area is 112 Å². The fraction of sp³-hybridized carbons (Fsp3) is 0.308. The lowest BCUT2D eigenvalue weighted by Crippen LogP contribution is -2.04. The number of halogens is 1. The molecule has 96 valence electrons. The second kappa shape index (κ2) is 5.78. The van der Waals surface area contributed by atoms with Crippen LogP contribution in [0.4, 0.5) is 5.69 Å². The van der Waals surface area contributed by atoms with Crippen LogP contribution in [0.2, 0.25) is 5.02 Å². The van der Waals surface area contributed by atoms with Gasteiger partial charge in [0, 0.05) is 18.9 Å². The molecule has 2 aromatic rings. The van der Waals surface area contributed by atoms with Gasteiger partial charge in [-0.1, -0.05) is 11.6 Å². The first kappa shape index (κ1) is 12.8. The van der Waals surface area contributed by atoms with E-state index in [9.17, 15) is 0 Å². The second-order valence-corrected chi connectivity index (χ2v) is 4.33. The quantitative estimate of drug-likeness (QED) is 0.903. The maximum atomic E-state index is 6.12. The Morgan fingerprint density at radius 3 is 2.89 bits per heavy atom. The topological polar surface area (TPSA) is 39.1 Å². The Bertz CT molecular complexity index is 525. The number of hydrogen-bond donors (Lipinski definition) is 1. The number of ether oxygens (including phenoxy) is 1. The van der Waals surface area contributed by atoms with E-state index >= 15 is 0 Å². The Morgan fingerprint density at radius 2 is 2.28 bits per heavy atom. The van der Waals surface area contributed by atoms with Crippen LogP contribution >= 0.6 is 11.6 Å². The van der Waals surface area contributed by atoms with Crippen molar-refractivity contribution < 1.29 is 4.74 Å². The predicted molar refractivity (Wildman–Crippen MR) is 73.2 cm³/mol. The summed E-state index contributed by atoms with van der Waals surface area (Å²) in [5, 5.41) is 3.91. The molecule has 1 heterocycles. The van der Waals surface area contributed by atoms with Crippen molar-refractivity contribution in [1.82, 2.24) is 9.55 Å². The van der Waals surface area contributed by atoms with Crippen LogP contribution < -0.4 is 10.1 Å². The van der Waals surface area contributed by atoms with E-state index in [0.29, 0.717) is 23.9 Å². The number of aryl methyl sites for hydroxylation is 1. The van der Waals surface area contributed by atoms with Gasteiger partial charge in [0.2, 0.25) is 0 Å². The lowest BCUT2D eigenvalue weighted by atomic mass is 10.3. The first-order valence-electron chi connectivity index (χ1n) is 5.82. The van der Waals surface area contributed by atoms with Gasteiger partial charge in [0.05, 0.1) is 30.2 Å². The summed E-state index contributed by atoms with van der Waals surface area (Å²) in [6.07, 6.45) is 3.62. The second-order valence-electron chi connectivity index (χ2n) is 3.93. The van der Waals surface area contributed by atoms with E-state index in [4.69, 9.17) is 16.3 Å². The summed E-state index contributed by atoms with van der Waals surface area (Å²) in [4.78, 5) is 4.07. The molecule has 1 N–H and O–H groups in total. The monoisotopic (exact) mass is 265 g/mol. The highest BCUT2D eigenvalue weighted by Crippen LogP contribution is 2.27. The number of hydrogen-bond acceptors (Lipinski definition) is 3. The molecule has 0 aliphatic rings. The van der Waals surface area contributed by atoms with Crippen LogP contribution in [0.25, 0.3) is 0 Å². The molecule has 0 fully saturated rings. The molecule has 0 aliphatic heterocycles. The van der Waals surface area contributed by atoms with Gasteiger partial charge in [0.25, 0.3) is 0 Å². The van der Waals surface area contributed by atoms with Gasteiger partial charge in [-0.2, -0.15) is 0 Å².